The van der Waals surface area contributed by atoms with Crippen molar-refractivity contribution in [1.29, 1.82) is 0 Å². The third-order valence-electron chi connectivity index (χ3n) is 5.68. The third kappa shape index (κ3) is 6.46. The van der Waals surface area contributed by atoms with Crippen LogP contribution in [-0.4, -0.2) is 35.7 Å². The van der Waals surface area contributed by atoms with Gasteiger partial charge in [0, 0.05) is 23.2 Å². The highest BCUT2D eigenvalue weighted by atomic mass is 19.4. The molecule has 0 amide bonds. The summed E-state index contributed by atoms with van der Waals surface area (Å²) in [6, 6.07) is 8.00. The lowest BCUT2D eigenvalue weighted by molar-refractivity contribution is -0.376. The van der Waals surface area contributed by atoms with Crippen LogP contribution < -0.4 is 15.0 Å². The number of nitrogens with one attached hydrogen (secondary N) is 1. The maximum atomic E-state index is 13.3. The lowest BCUT2D eigenvalue weighted by Gasteiger charge is -2.33. The maximum Gasteiger partial charge on any atom is 0.430 e. The lowest BCUT2D eigenvalue weighted by Crippen LogP contribution is -2.53. The second-order valence-electron chi connectivity index (χ2n) is 8.07. The van der Waals surface area contributed by atoms with E-state index in [2.05, 4.69) is 14.5 Å². The summed E-state index contributed by atoms with van der Waals surface area (Å²) in [5.41, 5.74) is -7.28. The van der Waals surface area contributed by atoms with E-state index in [9.17, 15) is 53.8 Å². The molecule has 3 rings (SSSR count). The topological polar surface area (TPSA) is 71.6 Å². The molecule has 1 heterocycles. The Morgan fingerprint density at radius 3 is 1.82 bits per heavy atom. The lowest BCUT2D eigenvalue weighted by atomic mass is 9.84. The molecule has 2 N–H and O–H groups in total. The molecule has 212 valence electrons. The molecule has 0 aliphatic carbocycles. The van der Waals surface area contributed by atoms with Gasteiger partial charge in [0.05, 0.1) is 0 Å². The number of H-pyrrole nitrogens is 1. The van der Waals surface area contributed by atoms with E-state index in [-0.39, 0.29) is 23.1 Å². The van der Waals surface area contributed by atoms with Crippen molar-refractivity contribution in [2.24, 2.45) is 0 Å². The van der Waals surface area contributed by atoms with Crippen molar-refractivity contribution in [3.8, 4) is 11.5 Å². The second-order valence-corrected chi connectivity index (χ2v) is 8.07. The summed E-state index contributed by atoms with van der Waals surface area (Å²) in [4.78, 5) is 14.6. The van der Waals surface area contributed by atoms with Crippen LogP contribution in [0.2, 0.25) is 0 Å². The number of aromatic amines is 1. The van der Waals surface area contributed by atoms with Crippen molar-refractivity contribution in [3.05, 3.63) is 93.4 Å². The van der Waals surface area contributed by atoms with Crippen molar-refractivity contribution in [1.82, 2.24) is 4.98 Å². The number of rotatable bonds is 9. The molecule has 0 saturated heterocycles. The van der Waals surface area contributed by atoms with E-state index in [0.29, 0.717) is 12.1 Å². The summed E-state index contributed by atoms with van der Waals surface area (Å²) in [5.74, 6) is -2.72. The third-order valence-corrected chi connectivity index (χ3v) is 5.68. The zero-order valence-electron chi connectivity index (χ0n) is 19.2. The zero-order valence-corrected chi connectivity index (χ0v) is 19.2. The Labute approximate surface area is 212 Å². The van der Waals surface area contributed by atoms with Crippen LogP contribution in [0.1, 0.15) is 28.2 Å². The molecule has 5 nitrogen and oxygen atoms in total. The first-order chi connectivity index (χ1) is 18.0. The van der Waals surface area contributed by atoms with Crippen molar-refractivity contribution < 1.29 is 58.5 Å². The van der Waals surface area contributed by atoms with E-state index >= 15 is 0 Å². The van der Waals surface area contributed by atoms with E-state index in [1.807, 2.05) is 0 Å². The Kier molecular flexibility index (Phi) is 8.53. The Morgan fingerprint density at radius 1 is 0.769 bits per heavy atom. The summed E-state index contributed by atoms with van der Waals surface area (Å²) in [6.45, 7) is -6.89. The minimum atomic E-state index is -6.13. The minimum absolute atomic E-state index is 0.00479. The first-order valence-corrected chi connectivity index (χ1v) is 10.7. The Morgan fingerprint density at radius 2 is 1.31 bits per heavy atom. The van der Waals surface area contributed by atoms with Gasteiger partial charge in [-0.3, -0.25) is 4.79 Å². The molecular formula is C24H17F10NO4. The number of hydrogen-bond donors (Lipinski definition) is 2. The smallest absolute Gasteiger partial charge is 0.430 e. The van der Waals surface area contributed by atoms with Gasteiger partial charge in [0.1, 0.15) is 0 Å². The predicted octanol–water partition coefficient (Wildman–Crippen LogP) is 6.26. The number of halogens is 10. The zero-order chi connectivity index (χ0) is 29.2. The maximum absolute atomic E-state index is 13.3. The summed E-state index contributed by atoms with van der Waals surface area (Å²) in [7, 11) is 0. The van der Waals surface area contributed by atoms with E-state index in [1.165, 1.54) is 18.3 Å². The molecule has 39 heavy (non-hydrogen) atoms. The summed E-state index contributed by atoms with van der Waals surface area (Å²) in [6.07, 6.45) is -11.2. The van der Waals surface area contributed by atoms with Gasteiger partial charge in [-0.05, 0) is 35.7 Å². The molecule has 0 radical (unpaired) electrons. The van der Waals surface area contributed by atoms with E-state index < -0.39 is 59.7 Å². The molecule has 0 spiro atoms. The summed E-state index contributed by atoms with van der Waals surface area (Å²) < 4.78 is 139. The standard InChI is InChI=1S/C24H17F10NO4/c25-20(26)38-17-8-5-13(11-18(17)39-21(27)28)16(10-14-2-1-9-35-19(14)36)12-3-6-15(7-4-12)22(37,23(29,30)31)24(32,33)34/h1-9,11,16,20-21,37H,10H2,(H,35,36). The van der Waals surface area contributed by atoms with E-state index in [0.717, 1.165) is 30.3 Å². The number of hydrogen-bond acceptors (Lipinski definition) is 4. The highest BCUT2D eigenvalue weighted by molar-refractivity contribution is 5.47. The molecule has 1 aromatic heterocycles. The van der Waals surface area contributed by atoms with Crippen molar-refractivity contribution in [2.45, 2.75) is 43.5 Å². The molecule has 1 unspecified atom stereocenters. The van der Waals surface area contributed by atoms with Gasteiger partial charge in [0.2, 0.25) is 0 Å². The van der Waals surface area contributed by atoms with Crippen molar-refractivity contribution in [2.75, 3.05) is 0 Å². The average molecular weight is 573 g/mol. The molecular weight excluding hydrogens is 556 g/mol. The minimum Gasteiger partial charge on any atom is -0.431 e. The molecule has 0 aliphatic heterocycles. The quantitative estimate of drug-likeness (QED) is 0.297. The van der Waals surface area contributed by atoms with Crippen molar-refractivity contribution >= 4 is 0 Å². The van der Waals surface area contributed by atoms with Crippen LogP contribution in [0.15, 0.2) is 65.6 Å². The van der Waals surface area contributed by atoms with Gasteiger partial charge in [-0.1, -0.05) is 36.4 Å². The Balaban J connectivity index is 2.15. The molecule has 15 heteroatoms. The average Bonchev–Trinajstić information content (AvgIpc) is 2.82. The van der Waals surface area contributed by atoms with Crippen molar-refractivity contribution in [3.63, 3.8) is 0 Å². The van der Waals surface area contributed by atoms with Crippen LogP contribution in [-0.2, 0) is 12.0 Å². The summed E-state index contributed by atoms with van der Waals surface area (Å²) >= 11 is 0. The van der Waals surface area contributed by atoms with Gasteiger partial charge in [-0.25, -0.2) is 0 Å². The van der Waals surface area contributed by atoms with Crippen LogP contribution in [0.5, 0.6) is 11.5 Å². The van der Waals surface area contributed by atoms with Crippen LogP contribution >= 0.6 is 0 Å². The molecule has 0 saturated carbocycles. The van der Waals surface area contributed by atoms with Gasteiger partial charge < -0.3 is 19.6 Å². The molecule has 2 aromatic carbocycles. The fourth-order valence-electron chi connectivity index (χ4n) is 3.83. The monoisotopic (exact) mass is 573 g/mol. The largest absolute Gasteiger partial charge is 0.431 e. The molecule has 1 atom stereocenters. The van der Waals surface area contributed by atoms with Crippen LogP contribution in [0, 0.1) is 0 Å². The first kappa shape index (κ1) is 29.8. The summed E-state index contributed by atoms with van der Waals surface area (Å²) in [5, 5.41) is 9.64. The number of alkyl halides is 10. The normalized spacial score (nSPS) is 13.6. The van der Waals surface area contributed by atoms with Crippen LogP contribution in [0.25, 0.3) is 0 Å². The number of ether oxygens (including phenoxy) is 2. The van der Waals surface area contributed by atoms with Gasteiger partial charge in [-0.2, -0.15) is 43.9 Å². The molecule has 0 bridgehead atoms. The van der Waals surface area contributed by atoms with Gasteiger partial charge >= 0.3 is 25.6 Å². The number of aliphatic hydroxyl groups is 1. The number of pyridine rings is 1. The second kappa shape index (κ2) is 11.2. The van der Waals surface area contributed by atoms with Crippen LogP contribution in [0.3, 0.4) is 0 Å². The molecule has 0 fully saturated rings. The SMILES string of the molecule is O=c1[nH]cccc1CC(c1ccc(C(O)(C(F)(F)F)C(F)(F)F)cc1)c1ccc(OC(F)F)c(OC(F)F)c1. The highest BCUT2D eigenvalue weighted by Gasteiger charge is 2.71. The van der Waals surface area contributed by atoms with Gasteiger partial charge in [0.15, 0.2) is 11.5 Å². The molecule has 0 aliphatic rings. The van der Waals surface area contributed by atoms with Gasteiger partial charge in [-0.15, -0.1) is 0 Å². The molecule has 3 aromatic rings. The highest BCUT2D eigenvalue weighted by Crippen LogP contribution is 2.50. The number of aromatic nitrogens is 1. The Bertz CT molecular complexity index is 1310. The Hall–Kier alpha value is -3.75. The van der Waals surface area contributed by atoms with Crippen LogP contribution in [0.4, 0.5) is 43.9 Å². The fourth-order valence-corrected chi connectivity index (χ4v) is 3.83. The van der Waals surface area contributed by atoms with E-state index in [1.54, 1.807) is 0 Å². The first-order valence-electron chi connectivity index (χ1n) is 10.7. The van der Waals surface area contributed by atoms with E-state index in [4.69, 9.17) is 0 Å². The fraction of sp³-hybridized carbons (Fsp3) is 0.292. The number of benzene rings is 2. The predicted molar refractivity (Wildman–Crippen MR) is 115 cm³/mol. The van der Waals surface area contributed by atoms with Gasteiger partial charge in [0.25, 0.3) is 11.2 Å².